The Labute approximate surface area is 135 Å². The van der Waals surface area contributed by atoms with E-state index in [1.54, 1.807) is 0 Å². The molecular formula is C15H21ClN2O4. The quantitative estimate of drug-likeness (QED) is 0.860. The second-order valence-corrected chi connectivity index (χ2v) is 5.48. The van der Waals surface area contributed by atoms with Crippen molar-refractivity contribution in [2.24, 2.45) is 5.73 Å². The Hall–Kier alpha value is -1.50. The van der Waals surface area contributed by atoms with Crippen LogP contribution in [-0.2, 0) is 9.53 Å². The SMILES string of the molecule is Cl.NC1(C(=O)NCC2COc3ccccc3O2)CCOCC1. The first-order chi connectivity index (χ1) is 10.2. The van der Waals surface area contributed by atoms with Crippen molar-refractivity contribution in [3.05, 3.63) is 24.3 Å². The Morgan fingerprint density at radius 3 is 2.68 bits per heavy atom. The molecule has 2 aliphatic heterocycles. The summed E-state index contributed by atoms with van der Waals surface area (Å²) in [6.07, 6.45) is 0.889. The molecule has 1 saturated heterocycles. The third-order valence-electron chi connectivity index (χ3n) is 3.90. The molecular weight excluding hydrogens is 308 g/mol. The monoisotopic (exact) mass is 328 g/mol. The van der Waals surface area contributed by atoms with Gasteiger partial charge >= 0.3 is 0 Å². The summed E-state index contributed by atoms with van der Waals surface area (Å²) < 4.78 is 16.7. The van der Waals surface area contributed by atoms with E-state index in [1.807, 2.05) is 24.3 Å². The molecule has 1 fully saturated rings. The van der Waals surface area contributed by atoms with E-state index < -0.39 is 5.54 Å². The first-order valence-electron chi connectivity index (χ1n) is 7.21. The van der Waals surface area contributed by atoms with E-state index in [0.29, 0.717) is 45.0 Å². The fraction of sp³-hybridized carbons (Fsp3) is 0.533. The van der Waals surface area contributed by atoms with Gasteiger partial charge in [0.1, 0.15) is 12.7 Å². The predicted molar refractivity (Wildman–Crippen MR) is 83.6 cm³/mol. The van der Waals surface area contributed by atoms with E-state index in [0.717, 1.165) is 5.75 Å². The van der Waals surface area contributed by atoms with Crippen LogP contribution in [0.15, 0.2) is 24.3 Å². The molecule has 22 heavy (non-hydrogen) atoms. The fourth-order valence-corrected chi connectivity index (χ4v) is 2.51. The maximum atomic E-state index is 12.2. The van der Waals surface area contributed by atoms with Crippen molar-refractivity contribution in [3.63, 3.8) is 0 Å². The fourth-order valence-electron chi connectivity index (χ4n) is 2.51. The minimum absolute atomic E-state index is 0. The third kappa shape index (κ3) is 3.63. The first kappa shape index (κ1) is 16.9. The summed E-state index contributed by atoms with van der Waals surface area (Å²) in [5.41, 5.74) is 5.30. The van der Waals surface area contributed by atoms with E-state index in [-0.39, 0.29) is 24.4 Å². The summed E-state index contributed by atoms with van der Waals surface area (Å²) in [6, 6.07) is 7.50. The average Bonchev–Trinajstić information content (AvgIpc) is 2.53. The van der Waals surface area contributed by atoms with Gasteiger partial charge < -0.3 is 25.3 Å². The van der Waals surface area contributed by atoms with E-state index in [4.69, 9.17) is 19.9 Å². The largest absolute Gasteiger partial charge is 0.486 e. The summed E-state index contributed by atoms with van der Waals surface area (Å²) in [7, 11) is 0. The van der Waals surface area contributed by atoms with Gasteiger partial charge in [-0.25, -0.2) is 0 Å². The van der Waals surface area contributed by atoms with Crippen LogP contribution in [0.2, 0.25) is 0 Å². The molecule has 0 aromatic heterocycles. The number of amides is 1. The highest BCUT2D eigenvalue weighted by molar-refractivity contribution is 5.86. The Morgan fingerprint density at radius 1 is 1.27 bits per heavy atom. The minimum atomic E-state index is -0.828. The van der Waals surface area contributed by atoms with Gasteiger partial charge in [-0.15, -0.1) is 12.4 Å². The average molecular weight is 329 g/mol. The van der Waals surface area contributed by atoms with Gasteiger partial charge in [0.15, 0.2) is 11.5 Å². The normalized spacial score (nSPS) is 22.3. The van der Waals surface area contributed by atoms with Gasteiger partial charge in [-0.05, 0) is 25.0 Å². The van der Waals surface area contributed by atoms with Crippen LogP contribution in [0.4, 0.5) is 0 Å². The van der Waals surface area contributed by atoms with Crippen LogP contribution >= 0.6 is 12.4 Å². The van der Waals surface area contributed by atoms with Crippen LogP contribution in [0.5, 0.6) is 11.5 Å². The molecule has 2 aliphatic rings. The summed E-state index contributed by atoms with van der Waals surface area (Å²) in [5.74, 6) is 1.30. The van der Waals surface area contributed by atoms with E-state index in [1.165, 1.54) is 0 Å². The van der Waals surface area contributed by atoms with Gasteiger partial charge in [0, 0.05) is 13.2 Å². The standard InChI is InChI=1S/C15H20N2O4.ClH/c16-15(5-7-19-8-6-15)14(18)17-9-11-10-20-12-3-1-2-4-13(12)21-11;/h1-4,11H,5-10,16H2,(H,17,18);1H. The number of benzene rings is 1. The molecule has 1 aromatic rings. The Kier molecular flexibility index (Phi) is 5.50. The molecule has 1 unspecified atom stereocenters. The van der Waals surface area contributed by atoms with Gasteiger partial charge in [-0.2, -0.15) is 0 Å². The molecule has 0 bridgehead atoms. The van der Waals surface area contributed by atoms with Gasteiger partial charge in [0.05, 0.1) is 12.1 Å². The molecule has 0 spiro atoms. The minimum Gasteiger partial charge on any atom is -0.486 e. The second-order valence-electron chi connectivity index (χ2n) is 5.48. The van der Waals surface area contributed by atoms with Crippen LogP contribution in [0, 0.1) is 0 Å². The lowest BCUT2D eigenvalue weighted by atomic mass is 9.90. The molecule has 1 amide bonds. The van der Waals surface area contributed by atoms with Gasteiger partial charge in [-0.3, -0.25) is 4.79 Å². The van der Waals surface area contributed by atoms with Crippen LogP contribution in [-0.4, -0.2) is 43.9 Å². The van der Waals surface area contributed by atoms with Crippen molar-refractivity contribution in [2.45, 2.75) is 24.5 Å². The number of halogens is 1. The van der Waals surface area contributed by atoms with Crippen molar-refractivity contribution in [1.29, 1.82) is 0 Å². The number of carbonyl (C=O) groups excluding carboxylic acids is 1. The number of fused-ring (bicyclic) bond motifs is 1. The molecule has 0 aliphatic carbocycles. The van der Waals surface area contributed by atoms with E-state index >= 15 is 0 Å². The number of para-hydroxylation sites is 2. The van der Waals surface area contributed by atoms with Crippen LogP contribution < -0.4 is 20.5 Å². The number of carbonyl (C=O) groups is 1. The molecule has 3 rings (SSSR count). The smallest absolute Gasteiger partial charge is 0.240 e. The van der Waals surface area contributed by atoms with Crippen molar-refractivity contribution >= 4 is 18.3 Å². The zero-order valence-corrected chi connectivity index (χ0v) is 13.1. The summed E-state index contributed by atoms with van der Waals surface area (Å²) in [4.78, 5) is 12.2. The summed E-state index contributed by atoms with van der Waals surface area (Å²) in [5, 5.41) is 2.87. The highest BCUT2D eigenvalue weighted by Gasteiger charge is 2.36. The highest BCUT2D eigenvalue weighted by Crippen LogP contribution is 2.30. The lowest BCUT2D eigenvalue weighted by molar-refractivity contribution is -0.130. The van der Waals surface area contributed by atoms with Crippen molar-refractivity contribution < 1.29 is 19.0 Å². The van der Waals surface area contributed by atoms with Crippen LogP contribution in [0.1, 0.15) is 12.8 Å². The lowest BCUT2D eigenvalue weighted by Gasteiger charge is -2.33. The zero-order valence-electron chi connectivity index (χ0n) is 12.2. The maximum absolute atomic E-state index is 12.2. The van der Waals surface area contributed by atoms with E-state index in [9.17, 15) is 4.79 Å². The van der Waals surface area contributed by atoms with E-state index in [2.05, 4.69) is 5.32 Å². The van der Waals surface area contributed by atoms with Crippen molar-refractivity contribution in [2.75, 3.05) is 26.4 Å². The molecule has 3 N–H and O–H groups in total. The Balaban J connectivity index is 0.00000176. The number of nitrogens with two attached hydrogens (primary N) is 1. The molecule has 6 nitrogen and oxygen atoms in total. The number of ether oxygens (including phenoxy) is 3. The predicted octanol–water partition coefficient (Wildman–Crippen LogP) is 0.872. The summed E-state index contributed by atoms with van der Waals surface area (Å²) >= 11 is 0. The molecule has 122 valence electrons. The maximum Gasteiger partial charge on any atom is 0.240 e. The number of hydrogen-bond donors (Lipinski definition) is 2. The second kappa shape index (κ2) is 7.17. The lowest BCUT2D eigenvalue weighted by Crippen LogP contribution is -2.58. The Bertz CT molecular complexity index is 520. The summed E-state index contributed by atoms with van der Waals surface area (Å²) in [6.45, 7) is 1.85. The van der Waals surface area contributed by atoms with Crippen molar-refractivity contribution in [3.8, 4) is 11.5 Å². The molecule has 0 saturated carbocycles. The highest BCUT2D eigenvalue weighted by atomic mass is 35.5. The number of nitrogens with one attached hydrogen (secondary N) is 1. The third-order valence-corrected chi connectivity index (χ3v) is 3.90. The number of hydrogen-bond acceptors (Lipinski definition) is 5. The molecule has 0 radical (unpaired) electrons. The van der Waals surface area contributed by atoms with Crippen LogP contribution in [0.3, 0.4) is 0 Å². The Morgan fingerprint density at radius 2 is 1.95 bits per heavy atom. The molecule has 1 aromatic carbocycles. The van der Waals surface area contributed by atoms with Crippen LogP contribution in [0.25, 0.3) is 0 Å². The molecule has 2 heterocycles. The van der Waals surface area contributed by atoms with Gasteiger partial charge in [0.25, 0.3) is 0 Å². The molecule has 1 atom stereocenters. The van der Waals surface area contributed by atoms with Gasteiger partial charge in [0.2, 0.25) is 5.91 Å². The number of rotatable bonds is 3. The topological polar surface area (TPSA) is 82.8 Å². The first-order valence-corrected chi connectivity index (χ1v) is 7.21. The van der Waals surface area contributed by atoms with Gasteiger partial charge in [-0.1, -0.05) is 12.1 Å². The zero-order chi connectivity index (χ0) is 14.7. The molecule has 7 heteroatoms. The van der Waals surface area contributed by atoms with Crippen molar-refractivity contribution in [1.82, 2.24) is 5.32 Å².